The number of pyridine rings is 1. The Bertz CT molecular complexity index is 396. The molecule has 0 atom stereocenters. The largest absolute Gasteiger partial charge is 0.356 e. The van der Waals surface area contributed by atoms with E-state index in [1.807, 2.05) is 0 Å². The van der Waals surface area contributed by atoms with Gasteiger partial charge in [-0.1, -0.05) is 0 Å². The lowest BCUT2D eigenvalue weighted by Gasteiger charge is -1.90. The molecule has 1 N–H and O–H groups in total. The molecule has 0 saturated heterocycles. The first kappa shape index (κ1) is 6.79. The summed E-state index contributed by atoms with van der Waals surface area (Å²) in [6.45, 7) is 0. The van der Waals surface area contributed by atoms with Gasteiger partial charge in [0.25, 0.3) is 0 Å². The third-order valence-electron chi connectivity index (χ3n) is 1.51. The van der Waals surface area contributed by atoms with E-state index in [1.54, 1.807) is 12.3 Å². The minimum atomic E-state index is -0.247. The Morgan fingerprint density at radius 1 is 1.55 bits per heavy atom. The van der Waals surface area contributed by atoms with Crippen molar-refractivity contribution in [2.24, 2.45) is 0 Å². The molecule has 0 radical (unpaired) electrons. The molecule has 4 heteroatoms. The predicted molar refractivity (Wildman–Crippen MR) is 43.8 cm³/mol. The van der Waals surface area contributed by atoms with Crippen LogP contribution in [0.25, 0.3) is 10.9 Å². The highest BCUT2D eigenvalue weighted by molar-refractivity contribution is 9.10. The Balaban J connectivity index is 2.94. The average molecular weight is 215 g/mol. The Hall–Kier alpha value is -0.900. The van der Waals surface area contributed by atoms with Crippen molar-refractivity contribution in [1.29, 1.82) is 0 Å². The molecule has 2 nitrogen and oxygen atoms in total. The van der Waals surface area contributed by atoms with E-state index in [4.69, 9.17) is 0 Å². The van der Waals surface area contributed by atoms with Crippen LogP contribution < -0.4 is 0 Å². The van der Waals surface area contributed by atoms with Crippen molar-refractivity contribution >= 4 is 26.8 Å². The highest BCUT2D eigenvalue weighted by atomic mass is 79.9. The molecule has 2 aromatic heterocycles. The van der Waals surface area contributed by atoms with Crippen LogP contribution in [0, 0.1) is 5.82 Å². The van der Waals surface area contributed by atoms with Crippen molar-refractivity contribution in [3.05, 3.63) is 28.9 Å². The van der Waals surface area contributed by atoms with E-state index in [9.17, 15) is 4.39 Å². The van der Waals surface area contributed by atoms with Crippen LogP contribution in [0.3, 0.4) is 0 Å². The zero-order valence-electron chi connectivity index (χ0n) is 5.44. The molecule has 0 bridgehead atoms. The van der Waals surface area contributed by atoms with E-state index in [2.05, 4.69) is 25.9 Å². The van der Waals surface area contributed by atoms with Crippen LogP contribution >= 0.6 is 15.9 Å². The number of nitrogens with one attached hydrogen (secondary N) is 1. The van der Waals surface area contributed by atoms with E-state index in [0.717, 1.165) is 0 Å². The van der Waals surface area contributed by atoms with E-state index in [1.165, 1.54) is 6.20 Å². The molecule has 2 rings (SSSR count). The zero-order valence-corrected chi connectivity index (χ0v) is 7.02. The molecule has 56 valence electrons. The second-order valence-corrected chi connectivity index (χ2v) is 2.91. The second-order valence-electron chi connectivity index (χ2n) is 2.16. The Morgan fingerprint density at radius 3 is 3.09 bits per heavy atom. The number of aromatic nitrogens is 2. The van der Waals surface area contributed by atoms with Crippen LogP contribution in [0.1, 0.15) is 0 Å². The summed E-state index contributed by atoms with van der Waals surface area (Å²) in [6, 6.07) is 1.63. The second kappa shape index (κ2) is 2.30. The molecule has 0 aliphatic carbocycles. The minimum absolute atomic E-state index is 0.247. The molecule has 0 fully saturated rings. The first-order valence-corrected chi connectivity index (χ1v) is 3.85. The number of rotatable bonds is 0. The quantitative estimate of drug-likeness (QED) is 0.671. The van der Waals surface area contributed by atoms with Crippen LogP contribution in [0.15, 0.2) is 23.1 Å². The number of nitrogens with zero attached hydrogens (tertiary/aromatic N) is 1. The van der Waals surface area contributed by atoms with E-state index < -0.39 is 0 Å². The van der Waals surface area contributed by atoms with E-state index >= 15 is 0 Å². The molecule has 0 saturated carbocycles. The van der Waals surface area contributed by atoms with Gasteiger partial charge in [-0.3, -0.25) is 0 Å². The summed E-state index contributed by atoms with van der Waals surface area (Å²) >= 11 is 3.20. The van der Waals surface area contributed by atoms with E-state index in [-0.39, 0.29) is 5.82 Å². The van der Waals surface area contributed by atoms with Crippen LogP contribution in [-0.2, 0) is 0 Å². The summed E-state index contributed by atoms with van der Waals surface area (Å²) in [4.78, 5) is 6.71. The van der Waals surface area contributed by atoms with Gasteiger partial charge in [0.2, 0.25) is 0 Å². The molecule has 0 amide bonds. The van der Waals surface area contributed by atoms with Crippen molar-refractivity contribution in [3.8, 4) is 0 Å². The Morgan fingerprint density at radius 2 is 2.36 bits per heavy atom. The third kappa shape index (κ3) is 0.939. The lowest BCUT2D eigenvalue weighted by Crippen LogP contribution is -1.76. The lowest BCUT2D eigenvalue weighted by molar-refractivity contribution is 0.639. The number of aromatic amines is 1. The van der Waals surface area contributed by atoms with Gasteiger partial charge < -0.3 is 4.98 Å². The van der Waals surface area contributed by atoms with Crippen molar-refractivity contribution in [3.63, 3.8) is 0 Å². The zero-order chi connectivity index (χ0) is 7.84. The average Bonchev–Trinajstić information content (AvgIpc) is 2.35. The molecule has 2 aromatic rings. The van der Waals surface area contributed by atoms with Crippen LogP contribution in [0.5, 0.6) is 0 Å². The van der Waals surface area contributed by atoms with Gasteiger partial charge in [0.1, 0.15) is 10.4 Å². The fraction of sp³-hybridized carbons (Fsp3) is 0. The first-order chi connectivity index (χ1) is 5.29. The van der Waals surface area contributed by atoms with Crippen molar-refractivity contribution in [1.82, 2.24) is 9.97 Å². The molecule has 2 heterocycles. The van der Waals surface area contributed by atoms with Crippen LogP contribution in [0.4, 0.5) is 4.39 Å². The SMILES string of the molecule is Fc1c[nH]c2c(Br)nccc12. The number of H-pyrrole nitrogens is 1. The van der Waals surface area contributed by atoms with Gasteiger partial charge in [0, 0.05) is 17.8 Å². The predicted octanol–water partition coefficient (Wildman–Crippen LogP) is 2.46. The van der Waals surface area contributed by atoms with Crippen molar-refractivity contribution in [2.45, 2.75) is 0 Å². The Labute approximate surface area is 70.6 Å². The normalized spacial score (nSPS) is 10.7. The highest BCUT2D eigenvalue weighted by Crippen LogP contribution is 2.21. The fourth-order valence-electron chi connectivity index (χ4n) is 0.986. The monoisotopic (exact) mass is 214 g/mol. The third-order valence-corrected chi connectivity index (χ3v) is 2.11. The van der Waals surface area contributed by atoms with Crippen molar-refractivity contribution < 1.29 is 4.39 Å². The van der Waals surface area contributed by atoms with Gasteiger partial charge >= 0.3 is 0 Å². The van der Waals surface area contributed by atoms with E-state index in [0.29, 0.717) is 15.5 Å². The number of halogens is 2. The molecule has 0 unspecified atom stereocenters. The first-order valence-electron chi connectivity index (χ1n) is 3.06. The maximum atomic E-state index is 12.8. The molecule has 0 aliphatic heterocycles. The van der Waals surface area contributed by atoms with Gasteiger partial charge in [-0.25, -0.2) is 9.37 Å². The fourth-order valence-corrected chi connectivity index (χ4v) is 1.43. The highest BCUT2D eigenvalue weighted by Gasteiger charge is 2.04. The molecular formula is C7H4BrFN2. The van der Waals surface area contributed by atoms with Crippen LogP contribution in [0.2, 0.25) is 0 Å². The van der Waals surface area contributed by atoms with Gasteiger partial charge in [-0.2, -0.15) is 0 Å². The maximum absolute atomic E-state index is 12.8. The Kier molecular flexibility index (Phi) is 1.42. The molecule has 11 heavy (non-hydrogen) atoms. The summed E-state index contributed by atoms with van der Waals surface area (Å²) in [5.41, 5.74) is 0.699. The minimum Gasteiger partial charge on any atom is -0.356 e. The van der Waals surface area contributed by atoms with Gasteiger partial charge in [-0.15, -0.1) is 0 Å². The summed E-state index contributed by atoms with van der Waals surface area (Å²) in [6.07, 6.45) is 2.88. The summed E-state index contributed by atoms with van der Waals surface area (Å²) in [5, 5.41) is 0.562. The number of hydrogen-bond donors (Lipinski definition) is 1. The molecular weight excluding hydrogens is 211 g/mol. The topological polar surface area (TPSA) is 28.7 Å². The summed E-state index contributed by atoms with van der Waals surface area (Å²) in [5.74, 6) is -0.247. The number of fused-ring (bicyclic) bond motifs is 1. The molecule has 0 aliphatic rings. The van der Waals surface area contributed by atoms with Crippen molar-refractivity contribution in [2.75, 3.05) is 0 Å². The van der Waals surface area contributed by atoms with Crippen LogP contribution in [-0.4, -0.2) is 9.97 Å². The van der Waals surface area contributed by atoms with Gasteiger partial charge in [-0.05, 0) is 22.0 Å². The number of hydrogen-bond acceptors (Lipinski definition) is 1. The standard InChI is InChI=1S/C7H4BrFN2/c8-7-6-4(1-2-10-7)5(9)3-11-6/h1-3,11H. The molecule has 0 spiro atoms. The lowest BCUT2D eigenvalue weighted by atomic mass is 10.3. The van der Waals surface area contributed by atoms with Gasteiger partial charge in [0.05, 0.1) is 5.52 Å². The molecule has 0 aromatic carbocycles. The van der Waals surface area contributed by atoms with Gasteiger partial charge in [0.15, 0.2) is 0 Å². The smallest absolute Gasteiger partial charge is 0.148 e. The maximum Gasteiger partial charge on any atom is 0.148 e. The summed E-state index contributed by atoms with van der Waals surface area (Å²) < 4.78 is 13.5. The summed E-state index contributed by atoms with van der Waals surface area (Å²) in [7, 11) is 0.